The Balaban J connectivity index is 1.68. The summed E-state index contributed by atoms with van der Waals surface area (Å²) < 4.78 is 13.1. The van der Waals surface area contributed by atoms with Crippen molar-refractivity contribution in [2.75, 3.05) is 25.6 Å². The van der Waals surface area contributed by atoms with Crippen molar-refractivity contribution in [3.8, 4) is 5.75 Å². The van der Waals surface area contributed by atoms with Gasteiger partial charge in [0.2, 0.25) is 0 Å². The van der Waals surface area contributed by atoms with Crippen LogP contribution >= 0.6 is 11.6 Å². The van der Waals surface area contributed by atoms with Crippen LogP contribution < -0.4 is 15.8 Å². The van der Waals surface area contributed by atoms with Crippen LogP contribution in [-0.2, 0) is 11.8 Å². The van der Waals surface area contributed by atoms with E-state index in [1.54, 1.807) is 19.2 Å². The van der Waals surface area contributed by atoms with Crippen LogP contribution in [0.5, 0.6) is 5.75 Å². The molecule has 0 amide bonds. The highest BCUT2D eigenvalue weighted by Crippen LogP contribution is 2.37. The number of methoxy groups -OCH3 is 1. The van der Waals surface area contributed by atoms with Crippen molar-refractivity contribution in [2.45, 2.75) is 26.4 Å². The molecule has 0 spiro atoms. The lowest BCUT2D eigenvalue weighted by Crippen LogP contribution is -2.24. The van der Waals surface area contributed by atoms with E-state index in [0.717, 1.165) is 30.1 Å². The third-order valence-corrected chi connectivity index (χ3v) is 5.28. The molecular formula is C19H26ClN5O2. The van der Waals surface area contributed by atoms with E-state index >= 15 is 0 Å². The molecule has 0 unspecified atom stereocenters. The summed E-state index contributed by atoms with van der Waals surface area (Å²) in [4.78, 5) is 4.52. The van der Waals surface area contributed by atoms with E-state index in [1.807, 2.05) is 24.7 Å². The van der Waals surface area contributed by atoms with Gasteiger partial charge in [-0.2, -0.15) is 5.10 Å². The average Bonchev–Trinajstić information content (AvgIpc) is 3.17. The van der Waals surface area contributed by atoms with Gasteiger partial charge in [0.05, 0.1) is 23.9 Å². The summed E-state index contributed by atoms with van der Waals surface area (Å²) in [5.41, 5.74) is 10.1. The third kappa shape index (κ3) is 4.20. The van der Waals surface area contributed by atoms with Crippen LogP contribution in [0.15, 0.2) is 23.2 Å². The van der Waals surface area contributed by atoms with E-state index in [1.165, 1.54) is 5.56 Å². The minimum atomic E-state index is 0.00526. The van der Waals surface area contributed by atoms with Crippen LogP contribution in [0.4, 0.5) is 5.69 Å². The van der Waals surface area contributed by atoms with Crippen molar-refractivity contribution in [2.24, 2.45) is 23.7 Å². The van der Waals surface area contributed by atoms with Crippen LogP contribution in [0.2, 0.25) is 5.02 Å². The number of guanidine groups is 1. The fraction of sp³-hybridized carbons (Fsp3) is 0.474. The largest absolute Gasteiger partial charge is 0.495 e. The molecule has 3 N–H and O–H groups in total. The molecule has 0 saturated carbocycles. The number of ether oxygens (including phenoxy) is 2. The molecule has 27 heavy (non-hydrogen) atoms. The van der Waals surface area contributed by atoms with Crippen LogP contribution in [0.25, 0.3) is 0 Å². The molecule has 3 rings (SSSR count). The number of halogens is 1. The quantitative estimate of drug-likeness (QED) is 0.603. The normalized spacial score (nSPS) is 20.1. The number of aromatic nitrogens is 2. The standard InChI is InChI=1S/C19H26ClN5O2/c1-11-17(12(2)25(3)24-11)18-13(7-8-27-18)10-22-19(21)23-14-5-6-16(26-4)15(20)9-14/h5-6,9,13,18H,7-8,10H2,1-4H3,(H3,21,22,23)/t13-,18+/m0/s1. The van der Waals surface area contributed by atoms with E-state index in [0.29, 0.717) is 23.3 Å². The first kappa shape index (κ1) is 19.5. The van der Waals surface area contributed by atoms with Crippen molar-refractivity contribution in [3.05, 3.63) is 40.2 Å². The number of hydrogen-bond donors (Lipinski definition) is 2. The molecule has 0 radical (unpaired) electrons. The predicted molar refractivity (Wildman–Crippen MR) is 108 cm³/mol. The van der Waals surface area contributed by atoms with E-state index in [2.05, 4.69) is 22.3 Å². The summed E-state index contributed by atoms with van der Waals surface area (Å²) in [6.07, 6.45) is 0.953. The Morgan fingerprint density at radius 2 is 2.26 bits per heavy atom. The van der Waals surface area contributed by atoms with Gasteiger partial charge in [-0.15, -0.1) is 0 Å². The Labute approximate surface area is 164 Å². The molecule has 2 aromatic rings. The topological polar surface area (TPSA) is 86.7 Å². The highest BCUT2D eigenvalue weighted by Gasteiger charge is 2.33. The van der Waals surface area contributed by atoms with Crippen LogP contribution in [0.3, 0.4) is 0 Å². The number of hydrogen-bond acceptors (Lipinski definition) is 4. The summed E-state index contributed by atoms with van der Waals surface area (Å²) in [6.45, 7) is 5.40. The fourth-order valence-corrected chi connectivity index (χ4v) is 3.75. The Hall–Kier alpha value is -2.25. The van der Waals surface area contributed by atoms with Gasteiger partial charge in [0.1, 0.15) is 5.75 Å². The molecule has 2 atom stereocenters. The number of benzene rings is 1. The zero-order valence-electron chi connectivity index (χ0n) is 16.1. The maximum atomic E-state index is 6.14. The summed E-state index contributed by atoms with van der Waals surface area (Å²) in [5.74, 6) is 1.24. The molecule has 2 heterocycles. The summed E-state index contributed by atoms with van der Waals surface area (Å²) >= 11 is 6.14. The van der Waals surface area contributed by atoms with Gasteiger partial charge in [-0.05, 0) is 38.5 Å². The Morgan fingerprint density at radius 3 is 2.89 bits per heavy atom. The molecule has 0 aliphatic carbocycles. The molecular weight excluding hydrogens is 366 g/mol. The minimum absolute atomic E-state index is 0.00526. The average molecular weight is 392 g/mol. The lowest BCUT2D eigenvalue weighted by atomic mass is 9.94. The number of nitrogens with two attached hydrogens (primary N) is 1. The minimum Gasteiger partial charge on any atom is -0.495 e. The monoisotopic (exact) mass is 391 g/mol. The van der Waals surface area contributed by atoms with Crippen LogP contribution in [0, 0.1) is 19.8 Å². The number of aliphatic imine (C=N–C) groups is 1. The van der Waals surface area contributed by atoms with Gasteiger partial charge in [-0.1, -0.05) is 11.6 Å². The van der Waals surface area contributed by atoms with Crippen LogP contribution in [-0.4, -0.2) is 36.0 Å². The maximum Gasteiger partial charge on any atom is 0.193 e. The first-order valence-corrected chi connectivity index (χ1v) is 9.30. The first-order valence-electron chi connectivity index (χ1n) is 8.93. The fourth-order valence-electron chi connectivity index (χ4n) is 3.49. The van der Waals surface area contributed by atoms with Gasteiger partial charge in [-0.3, -0.25) is 9.67 Å². The summed E-state index contributed by atoms with van der Waals surface area (Å²) in [6, 6.07) is 5.39. The summed E-state index contributed by atoms with van der Waals surface area (Å²) in [5, 5.41) is 8.09. The number of nitrogens with one attached hydrogen (secondary N) is 1. The van der Waals surface area contributed by atoms with E-state index in [-0.39, 0.29) is 12.0 Å². The van der Waals surface area contributed by atoms with Crippen molar-refractivity contribution < 1.29 is 9.47 Å². The molecule has 0 bridgehead atoms. The second-order valence-corrected chi connectivity index (χ2v) is 7.16. The van der Waals surface area contributed by atoms with Gasteiger partial charge in [0, 0.05) is 43.1 Å². The molecule has 1 fully saturated rings. The zero-order valence-corrected chi connectivity index (χ0v) is 16.9. The van der Waals surface area contributed by atoms with Crippen molar-refractivity contribution in [1.82, 2.24) is 9.78 Å². The van der Waals surface area contributed by atoms with Gasteiger partial charge < -0.3 is 20.5 Å². The van der Waals surface area contributed by atoms with E-state index in [9.17, 15) is 0 Å². The van der Waals surface area contributed by atoms with Gasteiger partial charge in [0.25, 0.3) is 0 Å². The smallest absolute Gasteiger partial charge is 0.193 e. The number of nitrogens with zero attached hydrogens (tertiary/aromatic N) is 3. The third-order valence-electron chi connectivity index (χ3n) is 4.98. The predicted octanol–water partition coefficient (Wildman–Crippen LogP) is 3.20. The molecule has 1 aromatic carbocycles. The molecule has 1 aliphatic heterocycles. The highest BCUT2D eigenvalue weighted by atomic mass is 35.5. The highest BCUT2D eigenvalue weighted by molar-refractivity contribution is 6.32. The zero-order chi connectivity index (χ0) is 19.6. The van der Waals surface area contributed by atoms with E-state index < -0.39 is 0 Å². The number of aryl methyl sites for hydroxylation is 2. The lowest BCUT2D eigenvalue weighted by molar-refractivity contribution is 0.0915. The molecule has 1 aromatic heterocycles. The van der Waals surface area contributed by atoms with Gasteiger partial charge >= 0.3 is 0 Å². The van der Waals surface area contributed by atoms with E-state index in [4.69, 9.17) is 26.8 Å². The number of rotatable bonds is 5. The van der Waals surface area contributed by atoms with Crippen molar-refractivity contribution >= 4 is 23.2 Å². The molecule has 146 valence electrons. The van der Waals surface area contributed by atoms with Gasteiger partial charge in [0.15, 0.2) is 5.96 Å². The van der Waals surface area contributed by atoms with Crippen LogP contribution in [0.1, 0.15) is 29.5 Å². The SMILES string of the molecule is COc1ccc(NC(N)=NC[C@@H]2CCO[C@H]2c2c(C)nn(C)c2C)cc1Cl. The van der Waals surface area contributed by atoms with Crippen molar-refractivity contribution in [3.63, 3.8) is 0 Å². The molecule has 1 saturated heterocycles. The Kier molecular flexibility index (Phi) is 5.92. The first-order chi connectivity index (χ1) is 12.9. The molecule has 7 nitrogen and oxygen atoms in total. The second kappa shape index (κ2) is 8.19. The number of anilines is 1. The Morgan fingerprint density at radius 1 is 1.48 bits per heavy atom. The molecule has 8 heteroatoms. The van der Waals surface area contributed by atoms with Crippen molar-refractivity contribution in [1.29, 1.82) is 0 Å². The summed E-state index contributed by atoms with van der Waals surface area (Å²) in [7, 11) is 3.53. The molecule has 1 aliphatic rings. The Bertz CT molecular complexity index is 849. The maximum absolute atomic E-state index is 6.14. The lowest BCUT2D eigenvalue weighted by Gasteiger charge is -2.18. The van der Waals surface area contributed by atoms with Gasteiger partial charge in [-0.25, -0.2) is 0 Å². The second-order valence-electron chi connectivity index (χ2n) is 6.75.